The molecule has 100 valence electrons. The average molecular weight is 247 g/mol. The summed E-state index contributed by atoms with van der Waals surface area (Å²) >= 11 is 0. The van der Waals surface area contributed by atoms with Crippen molar-refractivity contribution in [2.75, 3.05) is 7.05 Å². The van der Waals surface area contributed by atoms with Crippen molar-refractivity contribution in [1.82, 2.24) is 5.32 Å². The van der Waals surface area contributed by atoms with Gasteiger partial charge in [0, 0.05) is 6.04 Å². The van der Waals surface area contributed by atoms with Crippen LogP contribution in [0.5, 0.6) is 0 Å². The van der Waals surface area contributed by atoms with Crippen LogP contribution in [-0.4, -0.2) is 19.2 Å². The molecule has 1 aromatic carbocycles. The van der Waals surface area contributed by atoms with E-state index in [-0.39, 0.29) is 0 Å². The van der Waals surface area contributed by atoms with Crippen LogP contribution < -0.4 is 5.32 Å². The molecule has 2 nitrogen and oxygen atoms in total. The fourth-order valence-corrected chi connectivity index (χ4v) is 2.98. The lowest BCUT2D eigenvalue weighted by molar-refractivity contribution is -0.00364. The second-order valence-corrected chi connectivity index (χ2v) is 5.53. The van der Waals surface area contributed by atoms with Gasteiger partial charge in [0.2, 0.25) is 0 Å². The molecule has 0 saturated heterocycles. The van der Waals surface area contributed by atoms with Gasteiger partial charge >= 0.3 is 0 Å². The zero-order valence-corrected chi connectivity index (χ0v) is 11.8. The Hall–Kier alpha value is -0.860. The van der Waals surface area contributed by atoms with Gasteiger partial charge in [0.1, 0.15) is 0 Å². The van der Waals surface area contributed by atoms with E-state index in [4.69, 9.17) is 4.74 Å². The summed E-state index contributed by atoms with van der Waals surface area (Å²) in [7, 11) is 2.04. The van der Waals surface area contributed by atoms with Crippen LogP contribution in [0.1, 0.15) is 42.4 Å². The van der Waals surface area contributed by atoms with E-state index in [9.17, 15) is 0 Å². The molecule has 0 spiro atoms. The molecule has 2 atom stereocenters. The Kier molecular flexibility index (Phi) is 4.79. The van der Waals surface area contributed by atoms with Gasteiger partial charge in [-0.15, -0.1) is 0 Å². The van der Waals surface area contributed by atoms with Gasteiger partial charge in [-0.05, 0) is 39.3 Å². The molecule has 0 amide bonds. The molecule has 1 aliphatic carbocycles. The normalized spacial score (nSPS) is 24.2. The molecule has 0 aromatic heterocycles. The minimum absolute atomic E-state index is 0.379. The molecule has 0 radical (unpaired) electrons. The highest BCUT2D eigenvalue weighted by molar-refractivity contribution is 5.28. The highest BCUT2D eigenvalue weighted by atomic mass is 16.5. The zero-order chi connectivity index (χ0) is 13.0. The van der Waals surface area contributed by atoms with E-state index < -0.39 is 0 Å². The molecule has 18 heavy (non-hydrogen) atoms. The number of benzene rings is 1. The van der Waals surface area contributed by atoms with Gasteiger partial charge in [-0.2, -0.15) is 0 Å². The van der Waals surface area contributed by atoms with E-state index in [0.29, 0.717) is 12.1 Å². The van der Waals surface area contributed by atoms with Crippen molar-refractivity contribution in [2.45, 2.75) is 58.3 Å². The van der Waals surface area contributed by atoms with E-state index in [0.717, 1.165) is 6.61 Å². The van der Waals surface area contributed by atoms with Gasteiger partial charge in [0.05, 0.1) is 12.7 Å². The molecule has 0 aliphatic heterocycles. The molecule has 1 fully saturated rings. The second-order valence-electron chi connectivity index (χ2n) is 5.53. The smallest absolute Gasteiger partial charge is 0.0732 e. The summed E-state index contributed by atoms with van der Waals surface area (Å²) < 4.78 is 6.12. The van der Waals surface area contributed by atoms with Crippen molar-refractivity contribution >= 4 is 0 Å². The second kappa shape index (κ2) is 6.35. The van der Waals surface area contributed by atoms with Crippen LogP contribution in [0.25, 0.3) is 0 Å². The molecular weight excluding hydrogens is 222 g/mol. The van der Waals surface area contributed by atoms with Gasteiger partial charge in [-0.25, -0.2) is 0 Å². The summed E-state index contributed by atoms with van der Waals surface area (Å²) in [6.07, 6.45) is 5.44. The van der Waals surface area contributed by atoms with Crippen LogP contribution in [0.4, 0.5) is 0 Å². The summed E-state index contributed by atoms with van der Waals surface area (Å²) in [6, 6.07) is 7.19. The van der Waals surface area contributed by atoms with Gasteiger partial charge < -0.3 is 10.1 Å². The van der Waals surface area contributed by atoms with E-state index in [1.165, 1.54) is 42.4 Å². The first-order chi connectivity index (χ1) is 8.69. The van der Waals surface area contributed by atoms with Crippen molar-refractivity contribution in [3.05, 3.63) is 34.9 Å². The van der Waals surface area contributed by atoms with Crippen LogP contribution in [-0.2, 0) is 11.3 Å². The number of aryl methyl sites for hydroxylation is 2. The fourth-order valence-electron chi connectivity index (χ4n) is 2.98. The average Bonchev–Trinajstić information content (AvgIpc) is 2.35. The van der Waals surface area contributed by atoms with Crippen LogP contribution in [0.2, 0.25) is 0 Å². The minimum atomic E-state index is 0.379. The van der Waals surface area contributed by atoms with Crippen molar-refractivity contribution in [1.29, 1.82) is 0 Å². The predicted molar refractivity (Wildman–Crippen MR) is 75.8 cm³/mol. The zero-order valence-electron chi connectivity index (χ0n) is 11.8. The Balaban J connectivity index is 1.93. The molecule has 2 heteroatoms. The van der Waals surface area contributed by atoms with Crippen molar-refractivity contribution < 1.29 is 4.74 Å². The van der Waals surface area contributed by atoms with Crippen LogP contribution in [0.3, 0.4) is 0 Å². The number of rotatable bonds is 4. The molecule has 0 heterocycles. The molecule has 1 aliphatic rings. The number of likely N-dealkylation sites (N-methyl/N-ethyl adjacent to an activating group) is 1. The third-order valence-electron chi connectivity index (χ3n) is 3.82. The van der Waals surface area contributed by atoms with Gasteiger partial charge in [-0.3, -0.25) is 0 Å². The molecule has 0 bridgehead atoms. The third-order valence-corrected chi connectivity index (χ3v) is 3.82. The molecular formula is C16H25NO. The maximum atomic E-state index is 6.12. The maximum Gasteiger partial charge on any atom is 0.0732 e. The lowest BCUT2D eigenvalue weighted by Gasteiger charge is -2.31. The van der Waals surface area contributed by atoms with Gasteiger partial charge in [0.15, 0.2) is 0 Å². The highest BCUT2D eigenvalue weighted by Gasteiger charge is 2.24. The summed E-state index contributed by atoms with van der Waals surface area (Å²) in [4.78, 5) is 0. The molecule has 1 N–H and O–H groups in total. The largest absolute Gasteiger partial charge is 0.372 e. The third kappa shape index (κ3) is 3.56. The maximum absolute atomic E-state index is 6.12. The summed E-state index contributed by atoms with van der Waals surface area (Å²) in [5, 5.41) is 3.39. The molecule has 1 aromatic rings. The standard InChI is InChI=1S/C16H25NO/c1-12-8-13(2)10-14(9-12)11-18-16-7-5-4-6-15(16)17-3/h8-10,15-17H,4-7,11H2,1-3H3. The minimum Gasteiger partial charge on any atom is -0.372 e. The number of hydrogen-bond acceptors (Lipinski definition) is 2. The lowest BCUT2D eigenvalue weighted by atomic mass is 9.92. The fraction of sp³-hybridized carbons (Fsp3) is 0.625. The lowest BCUT2D eigenvalue weighted by Crippen LogP contribution is -2.41. The van der Waals surface area contributed by atoms with Crippen LogP contribution in [0.15, 0.2) is 18.2 Å². The Morgan fingerprint density at radius 3 is 2.44 bits per heavy atom. The Morgan fingerprint density at radius 2 is 1.78 bits per heavy atom. The van der Waals surface area contributed by atoms with Crippen molar-refractivity contribution in [3.8, 4) is 0 Å². The monoisotopic (exact) mass is 247 g/mol. The first-order valence-corrected chi connectivity index (χ1v) is 7.05. The topological polar surface area (TPSA) is 21.3 Å². The first kappa shape index (κ1) is 13.6. The Bertz CT molecular complexity index is 368. The van der Waals surface area contributed by atoms with Crippen LogP contribution in [0, 0.1) is 13.8 Å². The van der Waals surface area contributed by atoms with E-state index >= 15 is 0 Å². The Labute approximate surface area is 111 Å². The van der Waals surface area contributed by atoms with Crippen LogP contribution >= 0.6 is 0 Å². The predicted octanol–water partition coefficient (Wildman–Crippen LogP) is 3.35. The summed E-state index contributed by atoms with van der Waals surface area (Å²) in [6.45, 7) is 5.03. The first-order valence-electron chi connectivity index (χ1n) is 7.05. The van der Waals surface area contributed by atoms with Gasteiger partial charge in [0.25, 0.3) is 0 Å². The van der Waals surface area contributed by atoms with E-state index in [1.807, 2.05) is 7.05 Å². The molecule has 2 rings (SSSR count). The number of hydrogen-bond donors (Lipinski definition) is 1. The summed E-state index contributed by atoms with van der Waals surface area (Å²) in [5.41, 5.74) is 3.94. The highest BCUT2D eigenvalue weighted by Crippen LogP contribution is 2.22. The van der Waals surface area contributed by atoms with E-state index in [1.54, 1.807) is 0 Å². The molecule has 1 saturated carbocycles. The summed E-state index contributed by atoms with van der Waals surface area (Å²) in [5.74, 6) is 0. The Morgan fingerprint density at radius 1 is 1.11 bits per heavy atom. The van der Waals surface area contributed by atoms with Gasteiger partial charge in [-0.1, -0.05) is 42.2 Å². The molecule has 2 unspecified atom stereocenters. The number of ether oxygens (including phenoxy) is 1. The number of nitrogens with one attached hydrogen (secondary N) is 1. The SMILES string of the molecule is CNC1CCCCC1OCc1cc(C)cc(C)c1. The van der Waals surface area contributed by atoms with Crippen molar-refractivity contribution in [2.24, 2.45) is 0 Å². The van der Waals surface area contributed by atoms with E-state index in [2.05, 4.69) is 37.4 Å². The van der Waals surface area contributed by atoms with Crippen molar-refractivity contribution in [3.63, 3.8) is 0 Å². The quantitative estimate of drug-likeness (QED) is 0.881.